The number of halogens is 1. The Kier molecular flexibility index (Phi) is 4.37. The van der Waals surface area contributed by atoms with E-state index in [1.165, 1.54) is 0 Å². The van der Waals surface area contributed by atoms with Gasteiger partial charge in [0.05, 0.1) is 5.54 Å². The summed E-state index contributed by atoms with van der Waals surface area (Å²) in [6.45, 7) is 6.24. The Hall–Kier alpha value is -1.20. The Morgan fingerprint density at radius 2 is 2.16 bits per heavy atom. The van der Waals surface area contributed by atoms with Gasteiger partial charge in [0.2, 0.25) is 0 Å². The molecule has 0 saturated heterocycles. The lowest BCUT2D eigenvalue weighted by atomic mass is 10.1. The maximum Gasteiger partial charge on any atom is 0.134 e. The van der Waals surface area contributed by atoms with E-state index in [9.17, 15) is 0 Å². The molecule has 0 aromatic carbocycles. The molecule has 2 aromatic rings. The minimum atomic E-state index is -0.282. The van der Waals surface area contributed by atoms with E-state index in [1.807, 2.05) is 5.38 Å². The van der Waals surface area contributed by atoms with E-state index >= 15 is 0 Å². The first-order chi connectivity index (χ1) is 9.01. The number of hydrogen-bond acceptors (Lipinski definition) is 5. The number of hydrogen-bond donors (Lipinski definition) is 1. The van der Waals surface area contributed by atoms with Gasteiger partial charge in [-0.3, -0.25) is 0 Å². The first-order valence-electron chi connectivity index (χ1n) is 6.23. The third-order valence-corrected chi connectivity index (χ3v) is 3.91. The highest BCUT2D eigenvalue weighted by atomic mass is 35.5. The number of nitrogens with zero attached hydrogens (tertiary/aromatic N) is 3. The summed E-state index contributed by atoms with van der Waals surface area (Å²) in [5.74, 6) is 1.51. The van der Waals surface area contributed by atoms with Gasteiger partial charge < -0.3 is 5.32 Å². The van der Waals surface area contributed by atoms with Crippen molar-refractivity contribution in [1.82, 2.24) is 15.0 Å². The van der Waals surface area contributed by atoms with Gasteiger partial charge in [0, 0.05) is 24.1 Å². The van der Waals surface area contributed by atoms with Gasteiger partial charge in [-0.25, -0.2) is 15.0 Å². The number of nitrogens with one attached hydrogen (secondary N) is 1. The van der Waals surface area contributed by atoms with Crippen LogP contribution in [0.1, 0.15) is 38.0 Å². The zero-order valence-corrected chi connectivity index (χ0v) is 12.8. The minimum absolute atomic E-state index is 0.282. The van der Waals surface area contributed by atoms with Crippen molar-refractivity contribution in [2.75, 3.05) is 5.32 Å². The Morgan fingerprint density at radius 1 is 1.37 bits per heavy atom. The van der Waals surface area contributed by atoms with Crippen LogP contribution in [-0.2, 0) is 12.0 Å². The van der Waals surface area contributed by atoms with Crippen LogP contribution in [0.5, 0.6) is 0 Å². The second-order valence-corrected chi connectivity index (χ2v) is 6.11. The van der Waals surface area contributed by atoms with Gasteiger partial charge in [-0.1, -0.05) is 18.5 Å². The summed E-state index contributed by atoms with van der Waals surface area (Å²) in [6, 6.07) is 1.75. The van der Waals surface area contributed by atoms with Gasteiger partial charge in [-0.15, -0.1) is 11.3 Å². The Labute approximate surface area is 122 Å². The molecule has 0 fully saturated rings. The second kappa shape index (κ2) is 5.84. The van der Waals surface area contributed by atoms with E-state index < -0.39 is 0 Å². The number of rotatable bonds is 5. The van der Waals surface area contributed by atoms with Crippen LogP contribution in [0.4, 0.5) is 5.82 Å². The van der Waals surface area contributed by atoms with Gasteiger partial charge in [0.25, 0.3) is 0 Å². The molecule has 2 aromatic heterocycles. The van der Waals surface area contributed by atoms with Crippen molar-refractivity contribution in [2.45, 2.75) is 39.2 Å². The third-order valence-electron chi connectivity index (χ3n) is 2.62. The Morgan fingerprint density at radius 3 is 2.79 bits per heavy atom. The van der Waals surface area contributed by atoms with Gasteiger partial charge in [-0.05, 0) is 20.3 Å². The molecule has 0 bridgehead atoms. The molecule has 0 amide bonds. The third kappa shape index (κ3) is 3.64. The van der Waals surface area contributed by atoms with E-state index in [-0.39, 0.29) is 5.54 Å². The molecule has 0 aliphatic rings. The van der Waals surface area contributed by atoms with Gasteiger partial charge in [0.15, 0.2) is 0 Å². The fraction of sp³-hybridized carbons (Fsp3) is 0.462. The van der Waals surface area contributed by atoms with Crippen LogP contribution in [0.3, 0.4) is 0 Å². The van der Waals surface area contributed by atoms with Crippen LogP contribution in [-0.4, -0.2) is 15.0 Å². The maximum absolute atomic E-state index is 6.04. The molecule has 0 saturated carbocycles. The van der Waals surface area contributed by atoms with Crippen LogP contribution in [0.2, 0.25) is 5.15 Å². The van der Waals surface area contributed by atoms with Crippen LogP contribution in [0.25, 0.3) is 0 Å². The second-order valence-electron chi connectivity index (χ2n) is 4.83. The fourth-order valence-electron chi connectivity index (χ4n) is 1.77. The summed E-state index contributed by atoms with van der Waals surface area (Å²) >= 11 is 7.65. The molecule has 4 nitrogen and oxygen atoms in total. The van der Waals surface area contributed by atoms with Crippen molar-refractivity contribution >= 4 is 28.8 Å². The molecule has 0 spiro atoms. The van der Waals surface area contributed by atoms with E-state index in [4.69, 9.17) is 11.6 Å². The summed E-state index contributed by atoms with van der Waals surface area (Å²) in [4.78, 5) is 13.1. The van der Waals surface area contributed by atoms with Crippen molar-refractivity contribution in [3.8, 4) is 0 Å². The molecule has 2 heterocycles. The van der Waals surface area contributed by atoms with Gasteiger partial charge in [-0.2, -0.15) is 0 Å². The minimum Gasteiger partial charge on any atom is -0.359 e. The molecule has 1 N–H and O–H groups in total. The number of aryl methyl sites for hydroxylation is 1. The molecule has 0 aliphatic carbocycles. The number of thiazole rings is 1. The summed E-state index contributed by atoms with van der Waals surface area (Å²) in [5, 5.41) is 6.82. The summed E-state index contributed by atoms with van der Waals surface area (Å²) in [5.41, 5.74) is -0.282. The zero-order valence-electron chi connectivity index (χ0n) is 11.3. The molecule has 19 heavy (non-hydrogen) atoms. The summed E-state index contributed by atoms with van der Waals surface area (Å²) in [6.07, 6.45) is 3.63. The fourth-order valence-corrected chi connectivity index (χ4v) is 2.69. The molecule has 0 radical (unpaired) electrons. The topological polar surface area (TPSA) is 50.7 Å². The van der Waals surface area contributed by atoms with Crippen LogP contribution < -0.4 is 5.32 Å². The normalized spacial score (nSPS) is 11.6. The maximum atomic E-state index is 6.04. The van der Waals surface area contributed by atoms with E-state index in [0.29, 0.717) is 5.15 Å². The molecule has 2 rings (SSSR count). The number of anilines is 1. The predicted octanol–water partition coefficient (Wildman–Crippen LogP) is 3.89. The molecule has 0 unspecified atom stereocenters. The largest absolute Gasteiger partial charge is 0.359 e. The monoisotopic (exact) mass is 296 g/mol. The SMILES string of the molecule is CCCc1nc(Cl)cc(NC(C)(C)c2nccs2)n1. The molecule has 102 valence electrons. The highest BCUT2D eigenvalue weighted by Gasteiger charge is 2.23. The van der Waals surface area contributed by atoms with Crippen molar-refractivity contribution in [2.24, 2.45) is 0 Å². The summed E-state index contributed by atoms with van der Waals surface area (Å²) in [7, 11) is 0. The van der Waals surface area contributed by atoms with Crippen molar-refractivity contribution < 1.29 is 0 Å². The average molecular weight is 297 g/mol. The lowest BCUT2D eigenvalue weighted by Gasteiger charge is -2.24. The highest BCUT2D eigenvalue weighted by molar-refractivity contribution is 7.09. The lowest BCUT2D eigenvalue weighted by molar-refractivity contribution is 0.599. The average Bonchev–Trinajstić information content (AvgIpc) is 2.81. The van der Waals surface area contributed by atoms with Crippen molar-refractivity contribution in [1.29, 1.82) is 0 Å². The molecule has 0 atom stereocenters. The van der Waals surface area contributed by atoms with E-state index in [1.54, 1.807) is 23.6 Å². The Bertz CT molecular complexity index is 540. The predicted molar refractivity (Wildman–Crippen MR) is 79.8 cm³/mol. The molecular weight excluding hydrogens is 280 g/mol. The Balaban J connectivity index is 2.23. The van der Waals surface area contributed by atoms with Crippen molar-refractivity contribution in [3.63, 3.8) is 0 Å². The van der Waals surface area contributed by atoms with Crippen LogP contribution in [0.15, 0.2) is 17.6 Å². The lowest BCUT2D eigenvalue weighted by Crippen LogP contribution is -2.28. The van der Waals surface area contributed by atoms with Crippen molar-refractivity contribution in [3.05, 3.63) is 33.6 Å². The smallest absolute Gasteiger partial charge is 0.134 e. The molecule has 0 aliphatic heterocycles. The highest BCUT2D eigenvalue weighted by Crippen LogP contribution is 2.27. The summed E-state index contributed by atoms with van der Waals surface area (Å²) < 4.78 is 0. The first-order valence-corrected chi connectivity index (χ1v) is 7.48. The van der Waals surface area contributed by atoms with Gasteiger partial charge >= 0.3 is 0 Å². The molecular formula is C13H17ClN4S. The molecule has 6 heteroatoms. The first kappa shape index (κ1) is 14.2. The van der Waals surface area contributed by atoms with E-state index in [0.717, 1.165) is 29.5 Å². The van der Waals surface area contributed by atoms with Gasteiger partial charge in [0.1, 0.15) is 21.8 Å². The van der Waals surface area contributed by atoms with E-state index in [2.05, 4.69) is 41.0 Å². The standard InChI is InChI=1S/C13H17ClN4S/c1-4-5-10-16-9(14)8-11(17-10)18-13(2,3)12-15-6-7-19-12/h6-8H,4-5H2,1-3H3,(H,16,17,18). The van der Waals surface area contributed by atoms with Crippen LogP contribution >= 0.6 is 22.9 Å². The number of aromatic nitrogens is 3. The quantitative estimate of drug-likeness (QED) is 0.851. The zero-order chi connectivity index (χ0) is 13.9. The van der Waals surface area contributed by atoms with Crippen LogP contribution in [0, 0.1) is 0 Å².